The first-order valence-electron chi connectivity index (χ1n) is 3.55. The first kappa shape index (κ1) is 7.03. The second-order valence-corrected chi connectivity index (χ2v) is 3.50. The van der Waals surface area contributed by atoms with E-state index in [4.69, 9.17) is 5.73 Å². The minimum atomic E-state index is 0.509. The summed E-state index contributed by atoms with van der Waals surface area (Å²) in [5.74, 6) is 1.11. The highest BCUT2D eigenvalue weighted by Gasteiger charge is 2.27. The number of nitrogen functional groups attached to an aromatic ring is 1. The number of nitrogens with zero attached hydrogens (tertiary/aromatic N) is 2. The van der Waals surface area contributed by atoms with Gasteiger partial charge in [0.25, 0.3) is 0 Å². The van der Waals surface area contributed by atoms with Gasteiger partial charge in [-0.1, -0.05) is 0 Å². The van der Waals surface area contributed by atoms with E-state index in [0.29, 0.717) is 11.7 Å². The largest absolute Gasteiger partial charge is 0.382 e. The van der Waals surface area contributed by atoms with E-state index in [2.05, 4.69) is 25.9 Å². The van der Waals surface area contributed by atoms with Crippen molar-refractivity contribution in [3.05, 3.63) is 16.5 Å². The zero-order chi connectivity index (χ0) is 7.84. The van der Waals surface area contributed by atoms with Crippen molar-refractivity contribution in [3.8, 4) is 0 Å². The third kappa shape index (κ3) is 1.35. The Hall–Kier alpha value is -0.640. The Morgan fingerprint density at radius 3 is 2.91 bits per heavy atom. The lowest BCUT2D eigenvalue weighted by Crippen LogP contribution is -1.97. The molecule has 1 heterocycles. The number of hydrogen-bond donors (Lipinski definition) is 1. The summed E-state index contributed by atoms with van der Waals surface area (Å²) in [6, 6.07) is 0. The highest BCUT2D eigenvalue weighted by Crippen LogP contribution is 2.41. The minimum Gasteiger partial charge on any atom is -0.382 e. The maximum Gasteiger partial charge on any atom is 0.142 e. The Labute approximate surface area is 73.2 Å². The molecule has 2 rings (SSSR count). The van der Waals surface area contributed by atoms with Gasteiger partial charge in [-0.15, -0.1) is 0 Å². The van der Waals surface area contributed by atoms with E-state index in [9.17, 15) is 0 Å². The second kappa shape index (κ2) is 2.44. The molecule has 58 valence electrons. The first-order chi connectivity index (χ1) is 5.27. The van der Waals surface area contributed by atoms with Crippen LogP contribution in [0.15, 0.2) is 10.8 Å². The van der Waals surface area contributed by atoms with Crippen molar-refractivity contribution < 1.29 is 0 Å². The second-order valence-electron chi connectivity index (χ2n) is 2.75. The number of aromatic nitrogens is 2. The highest BCUT2D eigenvalue weighted by atomic mass is 79.9. The summed E-state index contributed by atoms with van der Waals surface area (Å²) >= 11 is 3.34. The Morgan fingerprint density at radius 1 is 1.55 bits per heavy atom. The topological polar surface area (TPSA) is 51.8 Å². The zero-order valence-corrected chi connectivity index (χ0v) is 7.50. The summed E-state index contributed by atoms with van der Waals surface area (Å²) in [7, 11) is 0. The van der Waals surface area contributed by atoms with E-state index >= 15 is 0 Å². The summed E-state index contributed by atoms with van der Waals surface area (Å²) in [5.41, 5.74) is 6.52. The zero-order valence-electron chi connectivity index (χ0n) is 5.92. The maximum absolute atomic E-state index is 5.50. The molecule has 0 spiro atoms. The lowest BCUT2D eigenvalue weighted by Gasteiger charge is -1.99. The number of rotatable bonds is 1. The smallest absolute Gasteiger partial charge is 0.142 e. The van der Waals surface area contributed by atoms with E-state index in [1.807, 2.05) is 0 Å². The molecule has 11 heavy (non-hydrogen) atoms. The van der Waals surface area contributed by atoms with Crippen LogP contribution < -0.4 is 5.73 Å². The molecule has 3 nitrogen and oxygen atoms in total. The van der Waals surface area contributed by atoms with Crippen LogP contribution in [-0.4, -0.2) is 9.97 Å². The minimum absolute atomic E-state index is 0.509. The highest BCUT2D eigenvalue weighted by molar-refractivity contribution is 9.10. The Kier molecular flexibility index (Phi) is 1.56. The number of hydrogen-bond acceptors (Lipinski definition) is 3. The summed E-state index contributed by atoms with van der Waals surface area (Å²) < 4.78 is 0.842. The van der Waals surface area contributed by atoms with Gasteiger partial charge < -0.3 is 5.73 Å². The van der Waals surface area contributed by atoms with Gasteiger partial charge >= 0.3 is 0 Å². The van der Waals surface area contributed by atoms with Crippen molar-refractivity contribution in [2.75, 3.05) is 5.73 Å². The number of halogens is 1. The van der Waals surface area contributed by atoms with Crippen LogP contribution in [0, 0.1) is 0 Å². The quantitative estimate of drug-likeness (QED) is 0.773. The first-order valence-corrected chi connectivity index (χ1v) is 4.34. The molecule has 4 heteroatoms. The molecule has 0 aliphatic heterocycles. The lowest BCUT2D eigenvalue weighted by atomic mass is 10.3. The number of nitrogens with two attached hydrogens (primary N) is 1. The van der Waals surface area contributed by atoms with Gasteiger partial charge in [0.2, 0.25) is 0 Å². The van der Waals surface area contributed by atoms with Crippen molar-refractivity contribution in [1.82, 2.24) is 9.97 Å². The number of anilines is 1. The third-order valence-corrected chi connectivity index (χ3v) is 2.35. The fourth-order valence-corrected chi connectivity index (χ4v) is 1.53. The Balaban J connectivity index is 2.42. The molecule has 0 amide bonds. The standard InChI is InChI=1S/C7H8BrN3/c8-7-6(4-1-2-4)11-5(9)3-10-7/h3-4H,1-2H2,(H2,9,11). The molecule has 0 atom stereocenters. The van der Waals surface area contributed by atoms with E-state index in [1.54, 1.807) is 6.20 Å². The fourth-order valence-electron chi connectivity index (χ4n) is 1.02. The summed E-state index contributed by atoms with van der Waals surface area (Å²) in [5, 5.41) is 0. The molecular weight excluding hydrogens is 206 g/mol. The van der Waals surface area contributed by atoms with Gasteiger partial charge in [0.05, 0.1) is 11.9 Å². The average molecular weight is 214 g/mol. The molecule has 0 unspecified atom stereocenters. The molecule has 1 aliphatic carbocycles. The molecule has 1 fully saturated rings. The SMILES string of the molecule is Nc1cnc(Br)c(C2CC2)n1. The van der Waals surface area contributed by atoms with Gasteiger partial charge in [0.15, 0.2) is 0 Å². The Morgan fingerprint density at radius 2 is 2.27 bits per heavy atom. The molecule has 1 aliphatic rings. The van der Waals surface area contributed by atoms with Crippen molar-refractivity contribution >= 4 is 21.7 Å². The Bertz CT molecular complexity index is 283. The molecule has 1 aromatic heterocycles. The van der Waals surface area contributed by atoms with Crippen LogP contribution in [0.3, 0.4) is 0 Å². The monoisotopic (exact) mass is 213 g/mol. The molecule has 2 N–H and O–H groups in total. The predicted octanol–water partition coefficient (Wildman–Crippen LogP) is 1.70. The van der Waals surface area contributed by atoms with Crippen molar-refractivity contribution in [2.24, 2.45) is 0 Å². The van der Waals surface area contributed by atoms with Crippen molar-refractivity contribution in [1.29, 1.82) is 0 Å². The third-order valence-electron chi connectivity index (χ3n) is 1.74. The van der Waals surface area contributed by atoms with Crippen LogP contribution in [0.5, 0.6) is 0 Å². The molecule has 0 bridgehead atoms. The van der Waals surface area contributed by atoms with Crippen molar-refractivity contribution in [3.63, 3.8) is 0 Å². The average Bonchev–Trinajstić information content (AvgIpc) is 2.76. The summed E-state index contributed by atoms with van der Waals surface area (Å²) in [6.07, 6.45) is 4.00. The summed E-state index contributed by atoms with van der Waals surface area (Å²) in [6.45, 7) is 0. The molecular formula is C7H8BrN3. The van der Waals surface area contributed by atoms with Crippen LogP contribution in [0.4, 0.5) is 5.82 Å². The molecule has 1 aromatic rings. The van der Waals surface area contributed by atoms with E-state index in [0.717, 1.165) is 10.3 Å². The molecule has 0 aromatic carbocycles. The fraction of sp³-hybridized carbons (Fsp3) is 0.429. The lowest BCUT2D eigenvalue weighted by molar-refractivity contribution is 0.973. The van der Waals surface area contributed by atoms with Gasteiger partial charge in [0.1, 0.15) is 10.4 Å². The van der Waals surface area contributed by atoms with Gasteiger partial charge in [0, 0.05) is 5.92 Å². The van der Waals surface area contributed by atoms with Crippen LogP contribution in [0.1, 0.15) is 24.5 Å². The normalized spacial score (nSPS) is 16.8. The van der Waals surface area contributed by atoms with Gasteiger partial charge in [-0.3, -0.25) is 0 Å². The molecule has 1 saturated carbocycles. The van der Waals surface area contributed by atoms with Crippen LogP contribution in [-0.2, 0) is 0 Å². The maximum atomic E-state index is 5.50. The predicted molar refractivity (Wildman–Crippen MR) is 46.1 cm³/mol. The molecule has 0 saturated heterocycles. The van der Waals surface area contributed by atoms with E-state index < -0.39 is 0 Å². The van der Waals surface area contributed by atoms with Crippen molar-refractivity contribution in [2.45, 2.75) is 18.8 Å². The van der Waals surface area contributed by atoms with Gasteiger partial charge in [-0.2, -0.15) is 0 Å². The van der Waals surface area contributed by atoms with E-state index in [-0.39, 0.29) is 0 Å². The summed E-state index contributed by atoms with van der Waals surface area (Å²) in [4.78, 5) is 8.27. The van der Waals surface area contributed by atoms with Crippen LogP contribution in [0.25, 0.3) is 0 Å². The van der Waals surface area contributed by atoms with Crippen LogP contribution in [0.2, 0.25) is 0 Å². The van der Waals surface area contributed by atoms with Gasteiger partial charge in [-0.05, 0) is 28.8 Å². The van der Waals surface area contributed by atoms with Crippen LogP contribution >= 0.6 is 15.9 Å². The molecule has 0 radical (unpaired) electrons. The van der Waals surface area contributed by atoms with Gasteiger partial charge in [-0.25, -0.2) is 9.97 Å². The van der Waals surface area contributed by atoms with E-state index in [1.165, 1.54) is 12.8 Å².